The lowest BCUT2D eigenvalue weighted by Gasteiger charge is -2.10. The van der Waals surface area contributed by atoms with Gasteiger partial charge >= 0.3 is 0 Å². The fourth-order valence-corrected chi connectivity index (χ4v) is 1.85. The minimum Gasteiger partial charge on any atom is -0.489 e. The first-order valence-electron chi connectivity index (χ1n) is 5.65. The number of nitrogens with zero attached hydrogens (tertiary/aromatic N) is 1. The summed E-state index contributed by atoms with van der Waals surface area (Å²) in [5, 5.41) is 12.4. The number of ether oxygens (including phenoxy) is 1. The lowest BCUT2D eigenvalue weighted by molar-refractivity contribution is 0.305. The third-order valence-electron chi connectivity index (χ3n) is 2.59. The van der Waals surface area contributed by atoms with Crippen molar-refractivity contribution in [3.8, 4) is 5.75 Å². The van der Waals surface area contributed by atoms with Gasteiger partial charge in [0.15, 0.2) is 5.84 Å². The van der Waals surface area contributed by atoms with Gasteiger partial charge in [-0.3, -0.25) is 0 Å². The number of nitrogens with two attached hydrogens (primary N) is 1. The average molecular weight is 277 g/mol. The van der Waals surface area contributed by atoms with Crippen LogP contribution in [0.15, 0.2) is 53.7 Å². The maximum Gasteiger partial charge on any atom is 0.170 e. The van der Waals surface area contributed by atoms with Crippen LogP contribution in [-0.4, -0.2) is 11.0 Å². The summed E-state index contributed by atoms with van der Waals surface area (Å²) in [6, 6.07) is 14.4. The average Bonchev–Trinajstić information content (AvgIpc) is 2.45. The summed E-state index contributed by atoms with van der Waals surface area (Å²) < 4.78 is 5.63. The maximum atomic E-state index is 8.74. The second-order valence-electron chi connectivity index (χ2n) is 3.89. The van der Waals surface area contributed by atoms with Crippen molar-refractivity contribution in [3.05, 3.63) is 64.7 Å². The van der Waals surface area contributed by atoms with Gasteiger partial charge in [-0.1, -0.05) is 47.1 Å². The molecule has 4 nitrogen and oxygen atoms in total. The van der Waals surface area contributed by atoms with Gasteiger partial charge in [0.25, 0.3) is 0 Å². The van der Waals surface area contributed by atoms with Crippen molar-refractivity contribution in [2.45, 2.75) is 6.61 Å². The highest BCUT2D eigenvalue weighted by molar-refractivity contribution is 6.30. The SMILES string of the molecule is N/C(=N\O)c1ccccc1COc1cccc(Cl)c1. The molecule has 0 amide bonds. The Morgan fingerprint density at radius 2 is 2.00 bits per heavy atom. The lowest BCUT2D eigenvalue weighted by atomic mass is 10.1. The number of halogens is 1. The third kappa shape index (κ3) is 3.39. The molecule has 0 aliphatic carbocycles. The van der Waals surface area contributed by atoms with Crippen LogP contribution in [0.1, 0.15) is 11.1 Å². The molecule has 0 bridgehead atoms. The van der Waals surface area contributed by atoms with Crippen LogP contribution in [0.25, 0.3) is 0 Å². The summed E-state index contributed by atoms with van der Waals surface area (Å²) in [5.41, 5.74) is 7.09. The van der Waals surface area contributed by atoms with Crippen LogP contribution in [0.2, 0.25) is 5.02 Å². The zero-order valence-corrected chi connectivity index (χ0v) is 10.8. The van der Waals surface area contributed by atoms with Crippen molar-refractivity contribution in [1.82, 2.24) is 0 Å². The Labute approximate surface area is 116 Å². The summed E-state index contributed by atoms with van der Waals surface area (Å²) in [6.07, 6.45) is 0. The smallest absolute Gasteiger partial charge is 0.170 e. The van der Waals surface area contributed by atoms with Crippen molar-refractivity contribution in [3.63, 3.8) is 0 Å². The highest BCUT2D eigenvalue weighted by Crippen LogP contribution is 2.19. The number of rotatable bonds is 4. The predicted molar refractivity (Wildman–Crippen MR) is 74.7 cm³/mol. The summed E-state index contributed by atoms with van der Waals surface area (Å²) >= 11 is 5.88. The maximum absolute atomic E-state index is 8.74. The molecule has 0 unspecified atom stereocenters. The van der Waals surface area contributed by atoms with Gasteiger partial charge in [-0.15, -0.1) is 0 Å². The fraction of sp³-hybridized carbons (Fsp3) is 0.0714. The summed E-state index contributed by atoms with van der Waals surface area (Å²) in [4.78, 5) is 0. The standard InChI is InChI=1S/C14H13ClN2O2/c15-11-5-3-6-12(8-11)19-9-10-4-1-2-7-13(10)14(16)17-18/h1-8,18H,9H2,(H2,16,17). The van der Waals surface area contributed by atoms with Crippen LogP contribution < -0.4 is 10.5 Å². The van der Waals surface area contributed by atoms with Crippen molar-refractivity contribution in [2.24, 2.45) is 10.9 Å². The van der Waals surface area contributed by atoms with E-state index in [1.807, 2.05) is 30.3 Å². The molecule has 19 heavy (non-hydrogen) atoms. The number of benzene rings is 2. The van der Waals surface area contributed by atoms with Crippen molar-refractivity contribution >= 4 is 17.4 Å². The molecule has 5 heteroatoms. The van der Waals surface area contributed by atoms with E-state index in [9.17, 15) is 0 Å². The van der Waals surface area contributed by atoms with Gasteiger partial charge in [0.2, 0.25) is 0 Å². The van der Waals surface area contributed by atoms with Gasteiger partial charge in [-0.2, -0.15) is 0 Å². The third-order valence-corrected chi connectivity index (χ3v) is 2.83. The number of hydrogen-bond acceptors (Lipinski definition) is 3. The molecule has 3 N–H and O–H groups in total. The van der Waals surface area contributed by atoms with Crippen LogP contribution >= 0.6 is 11.6 Å². The Hall–Kier alpha value is -2.20. The molecule has 0 spiro atoms. The molecular formula is C14H13ClN2O2. The van der Waals surface area contributed by atoms with E-state index in [2.05, 4.69) is 5.16 Å². The molecule has 0 atom stereocenters. The highest BCUT2D eigenvalue weighted by Gasteiger charge is 2.07. The highest BCUT2D eigenvalue weighted by atomic mass is 35.5. The van der Waals surface area contributed by atoms with E-state index < -0.39 is 0 Å². The van der Waals surface area contributed by atoms with E-state index >= 15 is 0 Å². The molecular weight excluding hydrogens is 264 g/mol. The van der Waals surface area contributed by atoms with Crippen molar-refractivity contribution < 1.29 is 9.94 Å². The predicted octanol–water partition coefficient (Wildman–Crippen LogP) is 3.01. The quantitative estimate of drug-likeness (QED) is 0.390. The number of hydrogen-bond donors (Lipinski definition) is 2. The molecule has 0 radical (unpaired) electrons. The summed E-state index contributed by atoms with van der Waals surface area (Å²) in [5.74, 6) is 0.729. The molecule has 2 aromatic rings. The first kappa shape index (κ1) is 13.2. The molecule has 0 aliphatic heterocycles. The zero-order chi connectivity index (χ0) is 13.7. The van der Waals surface area contributed by atoms with E-state index in [1.54, 1.807) is 18.2 Å². The molecule has 0 fully saturated rings. The van der Waals surface area contributed by atoms with E-state index in [4.69, 9.17) is 27.3 Å². The minimum atomic E-state index is 0.0605. The Balaban J connectivity index is 2.16. The van der Waals surface area contributed by atoms with Gasteiger partial charge in [-0.25, -0.2) is 0 Å². The van der Waals surface area contributed by atoms with E-state index in [0.717, 1.165) is 5.56 Å². The Kier molecular flexibility index (Phi) is 4.26. The van der Waals surface area contributed by atoms with Gasteiger partial charge in [0, 0.05) is 16.1 Å². The molecule has 0 saturated heterocycles. The lowest BCUT2D eigenvalue weighted by Crippen LogP contribution is -2.16. The second kappa shape index (κ2) is 6.11. The molecule has 0 heterocycles. The minimum absolute atomic E-state index is 0.0605. The van der Waals surface area contributed by atoms with Gasteiger partial charge in [-0.05, 0) is 18.2 Å². The van der Waals surface area contributed by atoms with Crippen LogP contribution in [0, 0.1) is 0 Å². The van der Waals surface area contributed by atoms with Gasteiger partial charge in [0.1, 0.15) is 12.4 Å². The van der Waals surface area contributed by atoms with Crippen molar-refractivity contribution in [1.29, 1.82) is 0 Å². The first-order chi connectivity index (χ1) is 9.20. The zero-order valence-electron chi connectivity index (χ0n) is 10.1. The van der Waals surface area contributed by atoms with Gasteiger partial charge in [0.05, 0.1) is 0 Å². The first-order valence-corrected chi connectivity index (χ1v) is 6.02. The summed E-state index contributed by atoms with van der Waals surface area (Å²) in [7, 11) is 0. The molecule has 2 rings (SSSR count). The van der Waals surface area contributed by atoms with Crippen LogP contribution in [0.3, 0.4) is 0 Å². The molecule has 98 valence electrons. The van der Waals surface area contributed by atoms with Gasteiger partial charge < -0.3 is 15.7 Å². The fourth-order valence-electron chi connectivity index (χ4n) is 1.67. The molecule has 0 aliphatic rings. The van der Waals surface area contributed by atoms with E-state index in [0.29, 0.717) is 22.9 Å². The molecule has 0 aromatic heterocycles. The van der Waals surface area contributed by atoms with Crippen LogP contribution in [-0.2, 0) is 6.61 Å². The summed E-state index contributed by atoms with van der Waals surface area (Å²) in [6.45, 7) is 0.312. The van der Waals surface area contributed by atoms with Crippen LogP contribution in [0.4, 0.5) is 0 Å². The molecule has 0 saturated carbocycles. The second-order valence-corrected chi connectivity index (χ2v) is 4.32. The Bertz CT molecular complexity index is 600. The van der Waals surface area contributed by atoms with E-state index in [-0.39, 0.29) is 5.84 Å². The van der Waals surface area contributed by atoms with Crippen molar-refractivity contribution in [2.75, 3.05) is 0 Å². The van der Waals surface area contributed by atoms with Crippen LogP contribution in [0.5, 0.6) is 5.75 Å². The normalized spacial score (nSPS) is 11.3. The monoisotopic (exact) mass is 276 g/mol. The topological polar surface area (TPSA) is 67.8 Å². The number of amidine groups is 1. The van der Waals surface area contributed by atoms with E-state index in [1.165, 1.54) is 0 Å². The largest absolute Gasteiger partial charge is 0.489 e. The Morgan fingerprint density at radius 3 is 2.74 bits per heavy atom. The Morgan fingerprint density at radius 1 is 1.21 bits per heavy atom. The number of oxime groups is 1. The molecule has 2 aromatic carbocycles.